The van der Waals surface area contributed by atoms with Crippen LogP contribution in [0.2, 0.25) is 0 Å². The van der Waals surface area contributed by atoms with E-state index in [1.165, 1.54) is 0 Å². The number of hydrogen-bond donors (Lipinski definition) is 3. The molecule has 8 bridgehead atoms. The van der Waals surface area contributed by atoms with E-state index in [0.29, 0.717) is 6.54 Å². The van der Waals surface area contributed by atoms with E-state index in [9.17, 15) is 0 Å². The third-order valence-electron chi connectivity index (χ3n) is 5.64. The van der Waals surface area contributed by atoms with Gasteiger partial charge in [-0.1, -0.05) is 18.2 Å². The Labute approximate surface area is 185 Å². The molecule has 1 aromatic carbocycles. The maximum atomic E-state index is 5.88. The Morgan fingerprint density at radius 2 is 1.31 bits per heavy atom. The number of hydrogen-bond acceptors (Lipinski definition) is 3. The molecule has 5 nitrogen and oxygen atoms in total. The number of aromatic nitrogens is 4. The molecule has 4 N–H and O–H groups in total. The monoisotopic (exact) mass is 415 g/mol. The number of aromatic amines is 2. The van der Waals surface area contributed by atoms with Crippen molar-refractivity contribution in [1.29, 1.82) is 0 Å². The highest BCUT2D eigenvalue weighted by Crippen LogP contribution is 2.29. The van der Waals surface area contributed by atoms with Crippen molar-refractivity contribution in [2.24, 2.45) is 5.73 Å². The van der Waals surface area contributed by atoms with Crippen LogP contribution in [0, 0.1) is 0 Å². The van der Waals surface area contributed by atoms with E-state index in [1.807, 2.05) is 36.4 Å². The van der Waals surface area contributed by atoms with Crippen molar-refractivity contribution < 1.29 is 0 Å². The first kappa shape index (κ1) is 18.5. The topological polar surface area (TPSA) is 83.4 Å². The Hall–Kier alpha value is -4.22. The summed E-state index contributed by atoms with van der Waals surface area (Å²) in [5.74, 6) is 0. The zero-order chi connectivity index (χ0) is 21.5. The van der Waals surface area contributed by atoms with Crippen LogP contribution in [-0.2, 0) is 6.54 Å². The predicted molar refractivity (Wildman–Crippen MR) is 131 cm³/mol. The summed E-state index contributed by atoms with van der Waals surface area (Å²) in [5, 5.41) is 0. The van der Waals surface area contributed by atoms with E-state index >= 15 is 0 Å². The summed E-state index contributed by atoms with van der Waals surface area (Å²) in [4.78, 5) is 16.6. The lowest BCUT2D eigenvalue weighted by Crippen LogP contribution is -1.97. The molecular weight excluding hydrogens is 394 g/mol. The second kappa shape index (κ2) is 7.48. The standard InChI is InChI=1S/C27H21N5/c28-16-17-2-1-3-18(10-17)26-14-25-13-23-7-6-21(30-23)11-19-4-5-20(29-19)12-22-8-9-24(31-22)15-27(26)32-25/h1-15,29-30H,16,28H2. The van der Waals surface area contributed by atoms with Crippen molar-refractivity contribution in [3.8, 4) is 0 Å². The molecule has 2 aliphatic rings. The highest BCUT2D eigenvalue weighted by atomic mass is 14.8. The van der Waals surface area contributed by atoms with Crippen LogP contribution in [0.1, 0.15) is 33.9 Å². The molecule has 0 unspecified atom stereocenters. The number of rotatable bonds is 2. The van der Waals surface area contributed by atoms with Gasteiger partial charge in [-0.2, -0.15) is 0 Å². The molecule has 5 heteroatoms. The second-order valence-corrected chi connectivity index (χ2v) is 7.99. The minimum Gasteiger partial charge on any atom is -0.355 e. The number of nitrogens with two attached hydrogens (primary N) is 1. The third-order valence-corrected chi connectivity index (χ3v) is 5.64. The summed E-state index contributed by atoms with van der Waals surface area (Å²) in [6.07, 6.45) is 6.17. The minimum atomic E-state index is 0.506. The van der Waals surface area contributed by atoms with Crippen molar-refractivity contribution in [1.82, 2.24) is 19.9 Å². The average Bonchev–Trinajstić information content (AvgIpc) is 3.59. The summed E-state index contributed by atoms with van der Waals surface area (Å²) < 4.78 is 0. The van der Waals surface area contributed by atoms with Crippen LogP contribution in [0.5, 0.6) is 0 Å². The smallest absolute Gasteiger partial charge is 0.0737 e. The van der Waals surface area contributed by atoms with Crippen LogP contribution in [0.25, 0.3) is 45.9 Å². The minimum absolute atomic E-state index is 0.506. The molecule has 2 aliphatic heterocycles. The van der Waals surface area contributed by atoms with Gasteiger partial charge >= 0.3 is 0 Å². The van der Waals surface area contributed by atoms with E-state index in [1.54, 1.807) is 0 Å². The van der Waals surface area contributed by atoms with Crippen molar-refractivity contribution in [2.75, 3.05) is 0 Å². The second-order valence-electron chi connectivity index (χ2n) is 7.99. The lowest BCUT2D eigenvalue weighted by atomic mass is 10.0. The zero-order valence-electron chi connectivity index (χ0n) is 17.3. The normalized spacial score (nSPS) is 12.7. The first-order valence-electron chi connectivity index (χ1n) is 10.6. The Balaban J connectivity index is 1.62. The largest absolute Gasteiger partial charge is 0.355 e. The molecule has 154 valence electrons. The molecule has 0 saturated heterocycles. The number of nitrogens with zero attached hydrogens (tertiary/aromatic N) is 2. The quantitative estimate of drug-likeness (QED) is 0.347. The van der Waals surface area contributed by atoms with Gasteiger partial charge in [-0.15, -0.1) is 0 Å². The number of benzene rings is 1. The molecule has 0 fully saturated rings. The Morgan fingerprint density at radius 3 is 2.03 bits per heavy atom. The highest BCUT2D eigenvalue weighted by molar-refractivity contribution is 5.93. The molecule has 5 heterocycles. The fourth-order valence-electron chi connectivity index (χ4n) is 4.11. The van der Waals surface area contributed by atoms with Crippen LogP contribution in [0.15, 0.2) is 72.8 Å². The predicted octanol–water partition coefficient (Wildman–Crippen LogP) is 5.53. The summed E-state index contributed by atoms with van der Waals surface area (Å²) in [5.41, 5.74) is 16.8. The van der Waals surface area contributed by atoms with Crippen LogP contribution < -0.4 is 5.73 Å². The van der Waals surface area contributed by atoms with Gasteiger partial charge < -0.3 is 15.7 Å². The zero-order valence-corrected chi connectivity index (χ0v) is 17.3. The SMILES string of the molecule is NCc1cccc(C2=Cc3cc4ccc(cc5ccc(cc6nc(cc2n3)C=C6)[nH]5)[nH]4)c1. The molecule has 0 radical (unpaired) electrons. The highest BCUT2D eigenvalue weighted by Gasteiger charge is 2.14. The summed E-state index contributed by atoms with van der Waals surface area (Å²) in [6.45, 7) is 0.506. The maximum Gasteiger partial charge on any atom is 0.0737 e. The fourth-order valence-corrected chi connectivity index (χ4v) is 4.11. The average molecular weight is 416 g/mol. The van der Waals surface area contributed by atoms with Crippen LogP contribution in [0.3, 0.4) is 0 Å². The van der Waals surface area contributed by atoms with Gasteiger partial charge in [0, 0.05) is 34.2 Å². The molecule has 3 aromatic heterocycles. The van der Waals surface area contributed by atoms with Crippen LogP contribution in [0.4, 0.5) is 0 Å². The van der Waals surface area contributed by atoms with Crippen molar-refractivity contribution in [2.45, 2.75) is 6.54 Å². The lowest BCUT2D eigenvalue weighted by molar-refractivity contribution is 1.07. The molecule has 0 atom stereocenters. The van der Waals surface area contributed by atoms with Crippen molar-refractivity contribution in [3.05, 3.63) is 107 Å². The third kappa shape index (κ3) is 3.55. The van der Waals surface area contributed by atoms with Gasteiger partial charge in [0.25, 0.3) is 0 Å². The van der Waals surface area contributed by atoms with Gasteiger partial charge in [0.2, 0.25) is 0 Å². The number of nitrogens with one attached hydrogen (secondary N) is 2. The number of H-pyrrole nitrogens is 2. The first-order chi connectivity index (χ1) is 15.7. The van der Waals surface area contributed by atoms with E-state index in [4.69, 9.17) is 15.7 Å². The van der Waals surface area contributed by atoms with Gasteiger partial charge in [-0.05, 0) is 84.0 Å². The maximum absolute atomic E-state index is 5.88. The molecule has 32 heavy (non-hydrogen) atoms. The van der Waals surface area contributed by atoms with Gasteiger partial charge in [-0.25, -0.2) is 9.97 Å². The van der Waals surface area contributed by atoms with Gasteiger partial charge in [0.05, 0.1) is 22.8 Å². The van der Waals surface area contributed by atoms with E-state index in [2.05, 4.69) is 64.6 Å². The van der Waals surface area contributed by atoms with Gasteiger partial charge in [-0.3, -0.25) is 0 Å². The summed E-state index contributed by atoms with van der Waals surface area (Å²) in [6, 6.07) is 24.8. The van der Waals surface area contributed by atoms with Gasteiger partial charge in [0.1, 0.15) is 0 Å². The lowest BCUT2D eigenvalue weighted by Gasteiger charge is -2.04. The Bertz CT molecular complexity index is 1570. The molecule has 4 aromatic rings. The summed E-state index contributed by atoms with van der Waals surface area (Å²) in [7, 11) is 0. The molecule has 0 aliphatic carbocycles. The molecule has 0 saturated carbocycles. The molecule has 0 spiro atoms. The molecule has 0 amide bonds. The fraction of sp³-hybridized carbons (Fsp3) is 0.0370. The Morgan fingerprint density at radius 1 is 0.656 bits per heavy atom. The van der Waals surface area contributed by atoms with E-state index in [0.717, 1.165) is 61.5 Å². The first-order valence-corrected chi connectivity index (χ1v) is 10.6. The van der Waals surface area contributed by atoms with E-state index in [-0.39, 0.29) is 0 Å². The van der Waals surface area contributed by atoms with E-state index < -0.39 is 0 Å². The number of fused-ring (bicyclic) bond motifs is 8. The van der Waals surface area contributed by atoms with Crippen molar-refractivity contribution >= 4 is 45.9 Å². The van der Waals surface area contributed by atoms with Gasteiger partial charge in [0.15, 0.2) is 0 Å². The Kier molecular flexibility index (Phi) is 4.33. The van der Waals surface area contributed by atoms with Crippen molar-refractivity contribution in [3.63, 3.8) is 0 Å². The van der Waals surface area contributed by atoms with Crippen LogP contribution in [-0.4, -0.2) is 19.9 Å². The molecule has 6 rings (SSSR count). The summed E-state index contributed by atoms with van der Waals surface area (Å²) >= 11 is 0. The molecular formula is C27H21N5. The van der Waals surface area contributed by atoms with Crippen LogP contribution >= 0.6 is 0 Å².